The van der Waals surface area contributed by atoms with Gasteiger partial charge in [0.1, 0.15) is 5.75 Å². The van der Waals surface area contributed by atoms with E-state index in [0.29, 0.717) is 35.7 Å². The van der Waals surface area contributed by atoms with Gasteiger partial charge in [-0.15, -0.1) is 0 Å². The predicted octanol–water partition coefficient (Wildman–Crippen LogP) is 2.57. The summed E-state index contributed by atoms with van der Waals surface area (Å²) in [6, 6.07) is 7.20. The lowest BCUT2D eigenvalue weighted by atomic mass is 9.98. The number of rotatable bonds is 6. The van der Waals surface area contributed by atoms with Crippen LogP contribution in [0.1, 0.15) is 48.8 Å². The molecule has 1 aromatic heterocycles. The molecule has 7 heteroatoms. The van der Waals surface area contributed by atoms with E-state index < -0.39 is 0 Å². The van der Waals surface area contributed by atoms with Gasteiger partial charge < -0.3 is 10.1 Å². The van der Waals surface area contributed by atoms with Gasteiger partial charge in [-0.1, -0.05) is 19.9 Å². The second-order valence-electron chi connectivity index (χ2n) is 7.13. The highest BCUT2D eigenvalue weighted by molar-refractivity contribution is 6.03. The molecule has 2 aromatic rings. The molecule has 7 nitrogen and oxygen atoms in total. The number of carbonyl (C=O) groups excluding carboxylic acids is 1. The second kappa shape index (κ2) is 8.31. The van der Waals surface area contributed by atoms with Crippen LogP contribution >= 0.6 is 0 Å². The fourth-order valence-electron chi connectivity index (χ4n) is 2.93. The van der Waals surface area contributed by atoms with Gasteiger partial charge in [0.25, 0.3) is 5.91 Å². The summed E-state index contributed by atoms with van der Waals surface area (Å²) in [7, 11) is 1.80. The van der Waals surface area contributed by atoms with Gasteiger partial charge in [-0.2, -0.15) is 10.1 Å². The molecule has 1 aliphatic heterocycles. The summed E-state index contributed by atoms with van der Waals surface area (Å²) in [5, 5.41) is 10.7. The molecular weight excluding hydrogens is 330 g/mol. The average molecular weight is 357 g/mol. The molecule has 140 valence electrons. The van der Waals surface area contributed by atoms with Gasteiger partial charge in [-0.25, -0.2) is 4.68 Å². The molecule has 0 bridgehead atoms. The first kappa shape index (κ1) is 18.4. The van der Waals surface area contributed by atoms with Crippen molar-refractivity contribution in [3.05, 3.63) is 35.7 Å². The molecule has 1 saturated heterocycles. The number of aromatic nitrogens is 3. The van der Waals surface area contributed by atoms with E-state index in [-0.39, 0.29) is 5.91 Å². The minimum atomic E-state index is -0.215. The van der Waals surface area contributed by atoms with Crippen molar-refractivity contribution in [3.8, 4) is 5.75 Å². The van der Waals surface area contributed by atoms with Crippen molar-refractivity contribution in [3.63, 3.8) is 0 Å². The van der Waals surface area contributed by atoms with Crippen molar-refractivity contribution in [1.29, 1.82) is 0 Å². The van der Waals surface area contributed by atoms with Crippen LogP contribution in [0.15, 0.2) is 24.3 Å². The van der Waals surface area contributed by atoms with Crippen LogP contribution in [0, 0.1) is 5.92 Å². The Labute approximate surface area is 154 Å². The molecule has 0 radical (unpaired) electrons. The quantitative estimate of drug-likeness (QED) is 0.830. The van der Waals surface area contributed by atoms with Crippen LogP contribution in [0.3, 0.4) is 0 Å². The van der Waals surface area contributed by atoms with Crippen LogP contribution in [0.5, 0.6) is 5.75 Å². The number of hydrogen-bond donors (Lipinski definition) is 2. The Balaban J connectivity index is 1.68. The number of hydrogen-bond acceptors (Lipinski definition) is 5. The minimum Gasteiger partial charge on any atom is -0.493 e. The lowest BCUT2D eigenvalue weighted by Gasteiger charge is -2.19. The second-order valence-corrected chi connectivity index (χ2v) is 7.13. The Hall–Kier alpha value is -2.41. The van der Waals surface area contributed by atoms with E-state index >= 15 is 0 Å². The van der Waals surface area contributed by atoms with Gasteiger partial charge in [0.15, 0.2) is 5.82 Å². The normalized spacial score (nSPS) is 15.2. The van der Waals surface area contributed by atoms with E-state index in [1.165, 1.54) is 0 Å². The van der Waals surface area contributed by atoms with Crippen molar-refractivity contribution in [1.82, 2.24) is 20.1 Å². The number of ether oxygens (including phenoxy) is 1. The van der Waals surface area contributed by atoms with E-state index in [1.54, 1.807) is 23.9 Å². The van der Waals surface area contributed by atoms with Crippen molar-refractivity contribution in [2.75, 3.05) is 25.0 Å². The Morgan fingerprint density at radius 1 is 1.38 bits per heavy atom. The maximum atomic E-state index is 12.6. The van der Waals surface area contributed by atoms with Crippen molar-refractivity contribution in [2.24, 2.45) is 13.0 Å². The molecule has 2 N–H and O–H groups in total. The van der Waals surface area contributed by atoms with Crippen molar-refractivity contribution >= 4 is 11.9 Å². The molecule has 1 aromatic carbocycles. The number of anilines is 1. The van der Waals surface area contributed by atoms with Gasteiger partial charge in [0, 0.05) is 18.5 Å². The van der Waals surface area contributed by atoms with Crippen molar-refractivity contribution in [2.45, 2.75) is 32.6 Å². The maximum absolute atomic E-state index is 12.6. The fourth-order valence-corrected chi connectivity index (χ4v) is 2.93. The van der Waals surface area contributed by atoms with Gasteiger partial charge in [0.2, 0.25) is 5.95 Å². The molecule has 0 atom stereocenters. The summed E-state index contributed by atoms with van der Waals surface area (Å²) >= 11 is 0. The number of benzene rings is 1. The first-order chi connectivity index (χ1) is 12.5. The van der Waals surface area contributed by atoms with Crippen LogP contribution < -0.4 is 15.4 Å². The third kappa shape index (κ3) is 4.60. The first-order valence-corrected chi connectivity index (χ1v) is 9.19. The zero-order chi connectivity index (χ0) is 18.5. The van der Waals surface area contributed by atoms with E-state index in [9.17, 15) is 4.79 Å². The molecule has 1 aliphatic rings. The monoisotopic (exact) mass is 357 g/mol. The molecule has 26 heavy (non-hydrogen) atoms. The van der Waals surface area contributed by atoms with Gasteiger partial charge >= 0.3 is 0 Å². The highest BCUT2D eigenvalue weighted by atomic mass is 16.5. The van der Waals surface area contributed by atoms with Gasteiger partial charge in [0.05, 0.1) is 6.61 Å². The lowest BCUT2D eigenvalue weighted by molar-refractivity contribution is 0.102. The van der Waals surface area contributed by atoms with Gasteiger partial charge in [-0.3, -0.25) is 10.1 Å². The summed E-state index contributed by atoms with van der Waals surface area (Å²) in [5.41, 5.74) is 0.540. The predicted molar refractivity (Wildman–Crippen MR) is 101 cm³/mol. The topological polar surface area (TPSA) is 81.1 Å². The Morgan fingerprint density at radius 2 is 2.15 bits per heavy atom. The Kier molecular flexibility index (Phi) is 5.88. The largest absolute Gasteiger partial charge is 0.493 e. The molecular formula is C19H27N5O2. The maximum Gasteiger partial charge on any atom is 0.258 e. The number of amides is 1. The third-order valence-electron chi connectivity index (χ3n) is 4.39. The molecule has 0 aliphatic carbocycles. The molecule has 0 unspecified atom stereocenters. The van der Waals surface area contributed by atoms with Crippen LogP contribution in [0.2, 0.25) is 0 Å². The van der Waals surface area contributed by atoms with Crippen LogP contribution in [-0.4, -0.2) is 40.4 Å². The van der Waals surface area contributed by atoms with Crippen LogP contribution in [-0.2, 0) is 7.05 Å². The molecule has 0 spiro atoms. The van der Waals surface area contributed by atoms with E-state index in [1.807, 2.05) is 12.1 Å². The van der Waals surface area contributed by atoms with Crippen LogP contribution in [0.4, 0.5) is 5.95 Å². The standard InChI is InChI=1S/C19H27N5O2/c1-13(2)12-26-16-6-4-5-15(11-16)18(25)22-19-21-17(23-24(19)3)14-7-9-20-10-8-14/h4-6,11,13-14,20H,7-10,12H2,1-3H3,(H,21,22,23,25). The summed E-state index contributed by atoms with van der Waals surface area (Å²) in [6.45, 7) is 6.75. The Morgan fingerprint density at radius 3 is 2.88 bits per heavy atom. The lowest BCUT2D eigenvalue weighted by Crippen LogP contribution is -2.27. The molecule has 1 fully saturated rings. The number of nitrogens with zero attached hydrogens (tertiary/aromatic N) is 3. The summed E-state index contributed by atoms with van der Waals surface area (Å²) in [4.78, 5) is 17.1. The SMILES string of the molecule is CC(C)COc1cccc(C(=O)Nc2nc(C3CCNCC3)nn2C)c1. The summed E-state index contributed by atoms with van der Waals surface area (Å²) in [6.07, 6.45) is 2.04. The average Bonchev–Trinajstić information content (AvgIpc) is 3.01. The van der Waals surface area contributed by atoms with Gasteiger partial charge in [-0.05, 0) is 50.0 Å². The van der Waals surface area contributed by atoms with E-state index in [4.69, 9.17) is 4.74 Å². The van der Waals surface area contributed by atoms with E-state index in [0.717, 1.165) is 31.8 Å². The summed E-state index contributed by atoms with van der Waals surface area (Å²) in [5.74, 6) is 2.53. The highest BCUT2D eigenvalue weighted by Gasteiger charge is 2.21. The number of piperidine rings is 1. The Bertz CT molecular complexity index is 750. The van der Waals surface area contributed by atoms with Crippen LogP contribution in [0.25, 0.3) is 0 Å². The molecule has 0 saturated carbocycles. The highest BCUT2D eigenvalue weighted by Crippen LogP contribution is 2.23. The smallest absolute Gasteiger partial charge is 0.258 e. The summed E-state index contributed by atoms with van der Waals surface area (Å²) < 4.78 is 7.33. The number of carbonyl (C=O) groups is 1. The molecule has 2 heterocycles. The fraction of sp³-hybridized carbons (Fsp3) is 0.526. The minimum absolute atomic E-state index is 0.215. The number of aryl methyl sites for hydroxylation is 1. The first-order valence-electron chi connectivity index (χ1n) is 9.19. The van der Waals surface area contributed by atoms with Crippen molar-refractivity contribution < 1.29 is 9.53 Å². The van der Waals surface area contributed by atoms with E-state index in [2.05, 4.69) is 34.6 Å². The molecule has 1 amide bonds. The zero-order valence-electron chi connectivity index (χ0n) is 15.7. The molecule has 3 rings (SSSR count). The zero-order valence-corrected chi connectivity index (χ0v) is 15.7. The number of nitrogens with one attached hydrogen (secondary N) is 2. The third-order valence-corrected chi connectivity index (χ3v) is 4.39.